The Morgan fingerprint density at radius 3 is 2.48 bits per heavy atom. The van der Waals surface area contributed by atoms with Gasteiger partial charge in [-0.2, -0.15) is 0 Å². The third kappa shape index (κ3) is 6.34. The maximum absolute atomic E-state index is 11.7. The molecule has 0 atom stereocenters. The van der Waals surface area contributed by atoms with Crippen LogP contribution in [0.2, 0.25) is 10.0 Å². The predicted molar refractivity (Wildman–Crippen MR) is 96.1 cm³/mol. The van der Waals surface area contributed by atoms with Gasteiger partial charge in [0, 0.05) is 38.5 Å². The number of nitrogens with one attached hydrogen (secondary N) is 1. The standard InChI is InChI=1S/C16H20Cl2N2O2S/c17-13-2-1-11(9-14(13)18)10-20-7-5-12(6-8-20)19-15(21)3-4-16(22)23/h1-2,9,12H,3-8,10H2,(H,19,21)(H,22,23). The first-order chi connectivity index (χ1) is 10.9. The summed E-state index contributed by atoms with van der Waals surface area (Å²) >= 11 is 15.6. The van der Waals surface area contributed by atoms with Crippen LogP contribution >= 0.6 is 35.8 Å². The Morgan fingerprint density at radius 2 is 1.87 bits per heavy atom. The topological polar surface area (TPSA) is 49.4 Å². The quantitative estimate of drug-likeness (QED) is 0.750. The summed E-state index contributed by atoms with van der Waals surface area (Å²) in [6.07, 6.45) is 2.21. The first-order valence-corrected chi connectivity index (χ1v) is 8.82. The molecule has 23 heavy (non-hydrogen) atoms. The molecule has 1 aromatic rings. The van der Waals surface area contributed by atoms with Gasteiger partial charge >= 0.3 is 0 Å². The highest BCUT2D eigenvalue weighted by Gasteiger charge is 2.20. The summed E-state index contributed by atoms with van der Waals surface area (Å²) in [6, 6.07) is 5.88. The Morgan fingerprint density at radius 1 is 1.17 bits per heavy atom. The second kappa shape index (κ2) is 8.92. The Hall–Kier alpha value is -0.750. The molecule has 0 aliphatic carbocycles. The molecule has 0 saturated carbocycles. The molecule has 0 bridgehead atoms. The van der Waals surface area contributed by atoms with Crippen LogP contribution < -0.4 is 5.32 Å². The molecule has 1 aliphatic rings. The van der Waals surface area contributed by atoms with E-state index in [1.54, 1.807) is 0 Å². The zero-order valence-electron chi connectivity index (χ0n) is 12.7. The van der Waals surface area contributed by atoms with Gasteiger partial charge in [0.1, 0.15) is 0 Å². The van der Waals surface area contributed by atoms with Crippen molar-refractivity contribution in [3.63, 3.8) is 0 Å². The molecular formula is C16H20Cl2N2O2S. The molecule has 1 aromatic carbocycles. The molecule has 1 N–H and O–H groups in total. The van der Waals surface area contributed by atoms with Crippen molar-refractivity contribution in [2.24, 2.45) is 0 Å². The summed E-state index contributed by atoms with van der Waals surface area (Å²) in [6.45, 7) is 2.65. The van der Waals surface area contributed by atoms with Gasteiger partial charge in [-0.1, -0.05) is 29.3 Å². The molecule has 7 heteroatoms. The van der Waals surface area contributed by atoms with Gasteiger partial charge in [-0.15, -0.1) is 12.6 Å². The van der Waals surface area contributed by atoms with Crippen LogP contribution in [0.3, 0.4) is 0 Å². The van der Waals surface area contributed by atoms with Crippen molar-refractivity contribution >= 4 is 46.9 Å². The van der Waals surface area contributed by atoms with Crippen LogP contribution in [0.4, 0.5) is 0 Å². The number of hydrogen-bond donors (Lipinski definition) is 2. The Bertz CT molecular complexity index is 575. The van der Waals surface area contributed by atoms with E-state index in [2.05, 4.69) is 22.8 Å². The Labute approximate surface area is 151 Å². The lowest BCUT2D eigenvalue weighted by Crippen LogP contribution is -2.44. The van der Waals surface area contributed by atoms with Crippen molar-refractivity contribution in [1.82, 2.24) is 10.2 Å². The van der Waals surface area contributed by atoms with Crippen LogP contribution in [0.25, 0.3) is 0 Å². The van der Waals surface area contributed by atoms with Crippen LogP contribution in [0.15, 0.2) is 18.2 Å². The molecule has 1 heterocycles. The molecule has 126 valence electrons. The van der Waals surface area contributed by atoms with Crippen LogP contribution in [-0.2, 0) is 16.1 Å². The molecule has 1 amide bonds. The smallest absolute Gasteiger partial charge is 0.220 e. The van der Waals surface area contributed by atoms with Gasteiger partial charge in [0.05, 0.1) is 10.0 Å². The summed E-state index contributed by atoms with van der Waals surface area (Å²) in [5.41, 5.74) is 1.13. The van der Waals surface area contributed by atoms with Crippen LogP contribution in [0.5, 0.6) is 0 Å². The summed E-state index contributed by atoms with van der Waals surface area (Å²) < 4.78 is 0. The summed E-state index contributed by atoms with van der Waals surface area (Å²) in [7, 11) is 0. The first kappa shape index (κ1) is 18.6. The molecule has 1 aliphatic heterocycles. The number of hydrogen-bond acceptors (Lipinski definition) is 3. The molecule has 0 unspecified atom stereocenters. The lowest BCUT2D eigenvalue weighted by Gasteiger charge is -2.32. The van der Waals surface area contributed by atoms with E-state index in [0.717, 1.165) is 38.0 Å². The van der Waals surface area contributed by atoms with Crippen LogP contribution in [0, 0.1) is 0 Å². The van der Waals surface area contributed by atoms with Crippen LogP contribution in [-0.4, -0.2) is 35.1 Å². The average molecular weight is 375 g/mol. The number of piperidine rings is 1. The number of carbonyl (C=O) groups is 2. The van der Waals surface area contributed by atoms with E-state index in [1.807, 2.05) is 18.2 Å². The van der Waals surface area contributed by atoms with Gasteiger partial charge in [-0.3, -0.25) is 14.5 Å². The fourth-order valence-electron chi connectivity index (χ4n) is 2.65. The molecule has 0 radical (unpaired) electrons. The maximum atomic E-state index is 11.7. The number of benzene rings is 1. The molecular weight excluding hydrogens is 355 g/mol. The Kier molecular flexibility index (Phi) is 7.21. The van der Waals surface area contributed by atoms with E-state index in [1.165, 1.54) is 0 Å². The SMILES string of the molecule is O=C(S)CCC(=O)NC1CCN(Cc2ccc(Cl)c(Cl)c2)CC1. The van der Waals surface area contributed by atoms with Crippen molar-refractivity contribution in [2.75, 3.05) is 13.1 Å². The highest BCUT2D eigenvalue weighted by molar-refractivity contribution is 7.96. The predicted octanol–water partition coefficient (Wildman–Crippen LogP) is 3.31. The van der Waals surface area contributed by atoms with Crippen molar-refractivity contribution in [3.8, 4) is 0 Å². The van der Waals surface area contributed by atoms with E-state index in [0.29, 0.717) is 10.0 Å². The number of nitrogens with zero attached hydrogens (tertiary/aromatic N) is 1. The molecule has 1 fully saturated rings. The molecule has 2 rings (SSSR count). The third-order valence-corrected chi connectivity index (χ3v) is 4.87. The number of rotatable bonds is 6. The van der Waals surface area contributed by atoms with Crippen molar-refractivity contribution < 1.29 is 9.59 Å². The van der Waals surface area contributed by atoms with E-state index >= 15 is 0 Å². The van der Waals surface area contributed by atoms with Crippen LogP contribution in [0.1, 0.15) is 31.2 Å². The zero-order valence-corrected chi connectivity index (χ0v) is 15.1. The molecule has 4 nitrogen and oxygen atoms in total. The third-order valence-electron chi connectivity index (χ3n) is 3.91. The van der Waals surface area contributed by atoms with E-state index < -0.39 is 0 Å². The van der Waals surface area contributed by atoms with Gasteiger partial charge < -0.3 is 5.32 Å². The monoisotopic (exact) mass is 374 g/mol. The van der Waals surface area contributed by atoms with Gasteiger partial charge in [0.15, 0.2) is 5.12 Å². The number of amides is 1. The largest absolute Gasteiger partial charge is 0.353 e. The maximum Gasteiger partial charge on any atom is 0.220 e. The van der Waals surface area contributed by atoms with Gasteiger partial charge in [0.25, 0.3) is 0 Å². The molecule has 0 aromatic heterocycles. The van der Waals surface area contributed by atoms with Crippen molar-refractivity contribution in [1.29, 1.82) is 0 Å². The van der Waals surface area contributed by atoms with Crippen molar-refractivity contribution in [3.05, 3.63) is 33.8 Å². The number of likely N-dealkylation sites (tertiary alicyclic amines) is 1. The highest BCUT2D eigenvalue weighted by atomic mass is 35.5. The second-order valence-electron chi connectivity index (χ2n) is 5.76. The van der Waals surface area contributed by atoms with Gasteiger partial charge in [-0.05, 0) is 30.5 Å². The Balaban J connectivity index is 1.74. The zero-order chi connectivity index (χ0) is 16.8. The molecule has 0 spiro atoms. The average Bonchev–Trinajstić information content (AvgIpc) is 2.51. The van der Waals surface area contributed by atoms with E-state index in [-0.39, 0.29) is 29.9 Å². The first-order valence-electron chi connectivity index (χ1n) is 7.61. The lowest BCUT2D eigenvalue weighted by atomic mass is 10.0. The minimum atomic E-state index is -0.253. The minimum Gasteiger partial charge on any atom is -0.353 e. The summed E-state index contributed by atoms with van der Waals surface area (Å²) in [4.78, 5) is 24.8. The molecule has 1 saturated heterocycles. The van der Waals surface area contributed by atoms with Crippen molar-refractivity contribution in [2.45, 2.75) is 38.3 Å². The second-order valence-corrected chi connectivity index (χ2v) is 7.07. The fraction of sp³-hybridized carbons (Fsp3) is 0.500. The number of thiol groups is 1. The van der Waals surface area contributed by atoms with Gasteiger partial charge in [-0.25, -0.2) is 0 Å². The fourth-order valence-corrected chi connectivity index (χ4v) is 3.08. The summed E-state index contributed by atoms with van der Waals surface area (Å²) in [5.74, 6) is -0.0738. The van der Waals surface area contributed by atoms with E-state index in [4.69, 9.17) is 23.2 Å². The lowest BCUT2D eigenvalue weighted by molar-refractivity contribution is -0.123. The number of halogens is 2. The highest BCUT2D eigenvalue weighted by Crippen LogP contribution is 2.24. The minimum absolute atomic E-state index is 0.0738. The normalized spacial score (nSPS) is 16.3. The van der Waals surface area contributed by atoms with Gasteiger partial charge in [0.2, 0.25) is 5.91 Å². The van der Waals surface area contributed by atoms with E-state index in [9.17, 15) is 9.59 Å². The number of carbonyl (C=O) groups excluding carboxylic acids is 2. The summed E-state index contributed by atoms with van der Waals surface area (Å²) in [5, 5.41) is 3.87.